The molecule has 4 heteroatoms. The molecule has 0 atom stereocenters. The van der Waals surface area contributed by atoms with Crippen molar-refractivity contribution in [2.45, 2.75) is 32.6 Å². The fraction of sp³-hybridized carbons (Fsp3) is 0.385. The zero-order chi connectivity index (χ0) is 11.8. The van der Waals surface area contributed by atoms with E-state index in [9.17, 15) is 0 Å². The highest BCUT2D eigenvalue weighted by atomic mass is 16.3. The van der Waals surface area contributed by atoms with Crippen molar-refractivity contribution in [3.8, 4) is 11.4 Å². The molecule has 0 radical (unpaired) electrons. The van der Waals surface area contributed by atoms with E-state index >= 15 is 0 Å². The highest BCUT2D eigenvalue weighted by Gasteiger charge is 2.18. The first kappa shape index (κ1) is 10.3. The molecule has 1 aliphatic carbocycles. The average Bonchev–Trinajstić information content (AvgIpc) is 2.75. The Morgan fingerprint density at radius 1 is 1.24 bits per heavy atom. The molecule has 4 nitrogen and oxygen atoms in total. The number of furan rings is 1. The minimum Gasteiger partial charge on any atom is -0.469 e. The molecule has 17 heavy (non-hydrogen) atoms. The fourth-order valence-corrected chi connectivity index (χ4v) is 2.36. The summed E-state index contributed by atoms with van der Waals surface area (Å²) in [6.07, 6.45) is 6.04. The molecule has 0 spiro atoms. The number of nitrogens with zero attached hydrogens (tertiary/aromatic N) is 2. The summed E-state index contributed by atoms with van der Waals surface area (Å²) in [6, 6.07) is 1.89. The summed E-state index contributed by atoms with van der Waals surface area (Å²) in [5.74, 6) is 2.15. The number of hydrogen-bond donors (Lipinski definition) is 1. The number of nitrogens with two attached hydrogens (primary N) is 1. The maximum Gasteiger partial charge on any atom is 0.165 e. The highest BCUT2D eigenvalue weighted by molar-refractivity contribution is 5.60. The summed E-state index contributed by atoms with van der Waals surface area (Å²) in [7, 11) is 0. The van der Waals surface area contributed by atoms with Crippen LogP contribution in [0.2, 0.25) is 0 Å². The van der Waals surface area contributed by atoms with E-state index in [4.69, 9.17) is 10.2 Å². The quantitative estimate of drug-likeness (QED) is 0.816. The lowest BCUT2D eigenvalue weighted by Gasteiger charge is -2.16. The summed E-state index contributed by atoms with van der Waals surface area (Å²) < 4.78 is 5.28. The summed E-state index contributed by atoms with van der Waals surface area (Å²) in [5, 5.41) is 0. The lowest BCUT2D eigenvalue weighted by atomic mass is 9.96. The summed E-state index contributed by atoms with van der Waals surface area (Å²) in [4.78, 5) is 9.02. The second kappa shape index (κ2) is 3.87. The lowest BCUT2D eigenvalue weighted by molar-refractivity contribution is 0.535. The second-order valence-corrected chi connectivity index (χ2v) is 4.46. The van der Waals surface area contributed by atoms with E-state index in [1.807, 2.05) is 13.0 Å². The molecular weight excluding hydrogens is 214 g/mol. The van der Waals surface area contributed by atoms with Gasteiger partial charge >= 0.3 is 0 Å². The third-order valence-corrected chi connectivity index (χ3v) is 3.31. The molecule has 1 aliphatic rings. The monoisotopic (exact) mass is 229 g/mol. The zero-order valence-corrected chi connectivity index (χ0v) is 9.86. The van der Waals surface area contributed by atoms with Crippen LogP contribution in [-0.2, 0) is 12.8 Å². The van der Waals surface area contributed by atoms with Gasteiger partial charge < -0.3 is 10.2 Å². The van der Waals surface area contributed by atoms with Gasteiger partial charge in [0, 0.05) is 11.3 Å². The van der Waals surface area contributed by atoms with E-state index < -0.39 is 0 Å². The number of rotatable bonds is 1. The van der Waals surface area contributed by atoms with Gasteiger partial charge in [-0.05, 0) is 38.7 Å². The van der Waals surface area contributed by atoms with Crippen molar-refractivity contribution in [2.75, 3.05) is 5.73 Å². The molecular formula is C13H15N3O. The SMILES string of the molecule is Cc1occc1-c1nc(N)c2c(n1)CCCC2. The van der Waals surface area contributed by atoms with E-state index in [-0.39, 0.29) is 0 Å². The lowest BCUT2D eigenvalue weighted by Crippen LogP contribution is -2.11. The van der Waals surface area contributed by atoms with E-state index in [1.54, 1.807) is 6.26 Å². The van der Waals surface area contributed by atoms with Gasteiger partial charge in [-0.1, -0.05) is 0 Å². The van der Waals surface area contributed by atoms with Crippen LogP contribution >= 0.6 is 0 Å². The molecule has 2 aromatic rings. The average molecular weight is 229 g/mol. The van der Waals surface area contributed by atoms with Gasteiger partial charge in [-0.15, -0.1) is 0 Å². The van der Waals surface area contributed by atoms with Crippen LogP contribution in [0.1, 0.15) is 29.9 Å². The molecule has 0 amide bonds. The molecule has 0 aliphatic heterocycles. The van der Waals surface area contributed by atoms with Crippen LogP contribution in [0.25, 0.3) is 11.4 Å². The molecule has 3 rings (SSSR count). The molecule has 0 fully saturated rings. The van der Waals surface area contributed by atoms with E-state index in [2.05, 4.69) is 9.97 Å². The number of aryl methyl sites for hydroxylation is 2. The van der Waals surface area contributed by atoms with Crippen LogP contribution in [-0.4, -0.2) is 9.97 Å². The Morgan fingerprint density at radius 2 is 2.06 bits per heavy atom. The Hall–Kier alpha value is -1.84. The third-order valence-electron chi connectivity index (χ3n) is 3.31. The van der Waals surface area contributed by atoms with Gasteiger partial charge in [-0.25, -0.2) is 9.97 Å². The van der Waals surface area contributed by atoms with Gasteiger partial charge in [0.05, 0.1) is 11.8 Å². The van der Waals surface area contributed by atoms with Crippen LogP contribution in [0, 0.1) is 6.92 Å². The Balaban J connectivity index is 2.14. The predicted octanol–water partition coefficient (Wildman–Crippen LogP) is 2.51. The first-order valence-electron chi connectivity index (χ1n) is 5.95. The number of hydrogen-bond acceptors (Lipinski definition) is 4. The van der Waals surface area contributed by atoms with Gasteiger partial charge in [0.15, 0.2) is 5.82 Å². The largest absolute Gasteiger partial charge is 0.469 e. The maximum atomic E-state index is 6.02. The smallest absolute Gasteiger partial charge is 0.165 e. The van der Waals surface area contributed by atoms with Gasteiger partial charge in [0.2, 0.25) is 0 Å². The predicted molar refractivity (Wildman–Crippen MR) is 65.5 cm³/mol. The fourth-order valence-electron chi connectivity index (χ4n) is 2.36. The molecule has 0 saturated carbocycles. The van der Waals surface area contributed by atoms with Crippen molar-refractivity contribution in [1.29, 1.82) is 0 Å². The van der Waals surface area contributed by atoms with Crippen molar-refractivity contribution >= 4 is 5.82 Å². The molecule has 2 aromatic heterocycles. The normalized spacial score (nSPS) is 14.6. The van der Waals surface area contributed by atoms with E-state index in [1.165, 1.54) is 12.8 Å². The van der Waals surface area contributed by atoms with E-state index in [0.29, 0.717) is 11.6 Å². The van der Waals surface area contributed by atoms with Gasteiger partial charge in [0.25, 0.3) is 0 Å². The molecule has 0 unspecified atom stereocenters. The van der Waals surface area contributed by atoms with Crippen molar-refractivity contribution < 1.29 is 4.42 Å². The number of anilines is 1. The van der Waals surface area contributed by atoms with Crippen LogP contribution < -0.4 is 5.73 Å². The Morgan fingerprint density at radius 3 is 2.82 bits per heavy atom. The Bertz CT molecular complexity index is 560. The Labute approximate surface area is 99.9 Å². The minimum absolute atomic E-state index is 0.630. The number of fused-ring (bicyclic) bond motifs is 1. The van der Waals surface area contributed by atoms with Crippen LogP contribution in [0.5, 0.6) is 0 Å². The zero-order valence-electron chi connectivity index (χ0n) is 9.86. The summed E-state index contributed by atoms with van der Waals surface area (Å²) in [5.41, 5.74) is 9.20. The molecule has 0 bridgehead atoms. The molecule has 2 N–H and O–H groups in total. The van der Waals surface area contributed by atoms with Crippen molar-refractivity contribution in [1.82, 2.24) is 9.97 Å². The number of nitrogen functional groups attached to an aromatic ring is 1. The molecule has 0 aromatic carbocycles. The summed E-state index contributed by atoms with van der Waals surface area (Å²) in [6.45, 7) is 1.91. The van der Waals surface area contributed by atoms with Crippen LogP contribution in [0.3, 0.4) is 0 Å². The van der Waals surface area contributed by atoms with Gasteiger partial charge in [-0.3, -0.25) is 0 Å². The molecule has 0 saturated heterocycles. The standard InChI is InChI=1S/C13H15N3O/c1-8-9(6-7-17-8)13-15-11-5-3-2-4-10(11)12(14)16-13/h6-7H,2-5H2,1H3,(H2,14,15,16). The van der Waals surface area contributed by atoms with Crippen LogP contribution in [0.15, 0.2) is 16.7 Å². The summed E-state index contributed by atoms with van der Waals surface area (Å²) >= 11 is 0. The van der Waals surface area contributed by atoms with Crippen LogP contribution in [0.4, 0.5) is 5.82 Å². The van der Waals surface area contributed by atoms with Gasteiger partial charge in [0.1, 0.15) is 11.6 Å². The Kier molecular flexibility index (Phi) is 2.35. The number of aromatic nitrogens is 2. The molecule has 88 valence electrons. The second-order valence-electron chi connectivity index (χ2n) is 4.46. The van der Waals surface area contributed by atoms with Crippen molar-refractivity contribution in [2.24, 2.45) is 0 Å². The van der Waals surface area contributed by atoms with Gasteiger partial charge in [-0.2, -0.15) is 0 Å². The maximum absolute atomic E-state index is 6.02. The topological polar surface area (TPSA) is 64.9 Å². The van der Waals surface area contributed by atoms with E-state index in [0.717, 1.165) is 35.4 Å². The van der Waals surface area contributed by atoms with Crippen molar-refractivity contribution in [3.63, 3.8) is 0 Å². The minimum atomic E-state index is 0.630. The molecule has 2 heterocycles. The first-order chi connectivity index (χ1) is 8.25. The highest BCUT2D eigenvalue weighted by Crippen LogP contribution is 2.28. The van der Waals surface area contributed by atoms with Crippen molar-refractivity contribution in [3.05, 3.63) is 29.3 Å². The first-order valence-corrected chi connectivity index (χ1v) is 5.95. The third kappa shape index (κ3) is 1.69.